The maximum Gasteiger partial charge on any atom is 0.427 e. The van der Waals surface area contributed by atoms with E-state index in [2.05, 4.69) is 9.71 Å². The minimum Gasteiger partial charge on any atom is -0.494 e. The molecule has 3 heterocycles. The summed E-state index contributed by atoms with van der Waals surface area (Å²) in [4.78, 5) is 62.3. The lowest BCUT2D eigenvalue weighted by Gasteiger charge is -2.32. The molecule has 2 aliphatic carbocycles. The minimum atomic E-state index is -4.90. The molecule has 18 heteroatoms. The minimum absolute atomic E-state index is 0.0153. The summed E-state index contributed by atoms with van der Waals surface area (Å²) in [6.07, 6.45) is 0.491. The van der Waals surface area contributed by atoms with Crippen LogP contribution in [-0.4, -0.2) is 91.3 Å². The number of methoxy groups -OCH3 is 2. The van der Waals surface area contributed by atoms with Crippen molar-refractivity contribution >= 4 is 44.4 Å². The molecule has 1 saturated heterocycles. The van der Waals surface area contributed by atoms with Gasteiger partial charge < -0.3 is 23.8 Å². The Balaban J connectivity index is 1.37. The number of nitrogens with one attached hydrogen (secondary N) is 1. The van der Waals surface area contributed by atoms with E-state index < -0.39 is 104 Å². The second kappa shape index (κ2) is 16.4. The number of esters is 1. The van der Waals surface area contributed by atoms with Gasteiger partial charge in [-0.05, 0) is 82.8 Å². The summed E-state index contributed by atoms with van der Waals surface area (Å²) in [5, 5.41) is 0.583. The van der Waals surface area contributed by atoms with Crippen molar-refractivity contribution in [3.63, 3.8) is 0 Å². The molecule has 0 radical (unpaired) electrons. The molecule has 0 bridgehead atoms. The third-order valence-corrected chi connectivity index (χ3v) is 15.0. The Bertz CT molecular complexity index is 2180. The summed E-state index contributed by atoms with van der Waals surface area (Å²) in [6.45, 7) is 6.39. The Morgan fingerprint density at radius 2 is 1.70 bits per heavy atom. The van der Waals surface area contributed by atoms with Crippen LogP contribution in [-0.2, 0) is 33.9 Å². The van der Waals surface area contributed by atoms with Crippen LogP contribution in [0, 0.1) is 34.9 Å². The fourth-order valence-electron chi connectivity index (χ4n) is 8.24. The Labute approximate surface area is 346 Å². The molecule has 2 aliphatic heterocycles. The number of aromatic nitrogens is 1. The summed E-state index contributed by atoms with van der Waals surface area (Å²) in [7, 11) is -1.37. The van der Waals surface area contributed by atoms with Gasteiger partial charge in [-0.1, -0.05) is 32.4 Å². The monoisotopic (exact) mass is 867 g/mol. The number of ketones is 1. The van der Waals surface area contributed by atoms with E-state index in [0.29, 0.717) is 51.3 Å². The molecular formula is C42H53F4N3O10S. The highest BCUT2D eigenvalue weighted by Gasteiger charge is 2.63. The highest BCUT2D eigenvalue weighted by molar-refractivity contribution is 7.91. The summed E-state index contributed by atoms with van der Waals surface area (Å²) in [5.41, 5.74) is -4.29. The van der Waals surface area contributed by atoms with Gasteiger partial charge in [-0.25, -0.2) is 17.8 Å². The van der Waals surface area contributed by atoms with Gasteiger partial charge in [0.2, 0.25) is 33.3 Å². The van der Waals surface area contributed by atoms with Crippen molar-refractivity contribution in [1.82, 2.24) is 14.6 Å². The standard InChI is InChI=1S/C42H53F4N3O10S/c1-23-9-8-10-24(2)27(18-35(51)59-39(3,4)42(44,45)46)37(52)49-22-26(58-36-29-16-30(43)33(56-6)17-28(29)34(57-7)21-47-36)15-31(49)32(50)20-41(19-25(41)12-11-23)38(53)48-60(54,55)40(5)13-14-40/h11-12,16-17,21,23-27,31H,8-10,13-15,18-20,22H2,1-7H3,(H,48,53)/b12-11-/t23-,24-,25-,26-,27+,31+,41-/m1/s1. The first-order valence-electron chi connectivity index (χ1n) is 20.2. The Morgan fingerprint density at radius 3 is 2.33 bits per heavy atom. The van der Waals surface area contributed by atoms with Crippen LogP contribution in [0.15, 0.2) is 30.5 Å². The highest BCUT2D eigenvalue weighted by Crippen LogP contribution is 2.58. The zero-order chi connectivity index (χ0) is 44.2. The lowest BCUT2D eigenvalue weighted by molar-refractivity contribution is -0.257. The number of hydrogen-bond donors (Lipinski definition) is 1. The smallest absolute Gasteiger partial charge is 0.427 e. The molecule has 2 aromatic rings. The van der Waals surface area contributed by atoms with E-state index in [4.69, 9.17) is 18.9 Å². The Hall–Kier alpha value is -4.48. The highest BCUT2D eigenvalue weighted by atomic mass is 32.2. The third kappa shape index (κ3) is 8.94. The molecule has 6 rings (SSSR count). The number of nitrogens with zero attached hydrogens (tertiary/aromatic N) is 2. The molecule has 1 aromatic heterocycles. The molecule has 0 unspecified atom stereocenters. The molecule has 60 heavy (non-hydrogen) atoms. The number of carbonyl (C=O) groups excluding carboxylic acids is 4. The molecule has 330 valence electrons. The molecule has 3 fully saturated rings. The van der Waals surface area contributed by atoms with Crippen molar-refractivity contribution in [2.75, 3.05) is 20.8 Å². The number of ether oxygens (including phenoxy) is 4. The fraction of sp³-hybridized carbons (Fsp3) is 0.643. The zero-order valence-corrected chi connectivity index (χ0v) is 35.6. The number of rotatable bonds is 10. The van der Waals surface area contributed by atoms with Gasteiger partial charge in [0.1, 0.15) is 11.9 Å². The first-order valence-corrected chi connectivity index (χ1v) is 21.7. The molecule has 7 atom stereocenters. The molecular weight excluding hydrogens is 815 g/mol. The Kier molecular flexibility index (Phi) is 12.3. The lowest BCUT2D eigenvalue weighted by atomic mass is 9.84. The molecule has 2 saturated carbocycles. The number of halogens is 4. The third-order valence-electron chi connectivity index (χ3n) is 12.8. The Morgan fingerprint density at radius 1 is 1.02 bits per heavy atom. The van der Waals surface area contributed by atoms with Gasteiger partial charge in [0.25, 0.3) is 0 Å². The number of carbonyl (C=O) groups is 4. The van der Waals surface area contributed by atoms with Crippen LogP contribution in [0.2, 0.25) is 0 Å². The summed E-state index contributed by atoms with van der Waals surface area (Å²) in [5.74, 6) is -6.18. The van der Waals surface area contributed by atoms with E-state index in [0.717, 1.165) is 6.07 Å². The molecule has 4 aliphatic rings. The van der Waals surface area contributed by atoms with Crippen molar-refractivity contribution < 1.29 is 64.1 Å². The second-order valence-corrected chi connectivity index (χ2v) is 19.9. The van der Waals surface area contributed by atoms with E-state index in [9.17, 15) is 40.8 Å². The van der Waals surface area contributed by atoms with Crippen molar-refractivity contribution in [3.05, 3.63) is 36.3 Å². The van der Waals surface area contributed by atoms with Crippen LogP contribution in [0.25, 0.3) is 10.8 Å². The van der Waals surface area contributed by atoms with Gasteiger partial charge in [-0.2, -0.15) is 13.2 Å². The van der Waals surface area contributed by atoms with E-state index in [1.165, 1.54) is 31.4 Å². The number of hydrogen-bond acceptors (Lipinski definition) is 11. The molecule has 0 spiro atoms. The van der Waals surface area contributed by atoms with Crippen molar-refractivity contribution in [2.45, 2.75) is 121 Å². The SMILES string of the molecule is COc1cc2c(OC)cnc(O[C@@H]3C[C@H]4C(=O)C[C@]5(C(=O)NS(=O)(=O)C6(C)CC6)C[C@H]5/C=C\[C@H](C)CCC[C@@H](C)[C@H](CC(=O)OC(C)(C)C(F)(F)F)C(=O)N4C3)c2cc1F. The van der Waals surface area contributed by atoms with Crippen LogP contribution in [0.1, 0.15) is 92.4 Å². The van der Waals surface area contributed by atoms with Crippen LogP contribution in [0.5, 0.6) is 17.4 Å². The topological polar surface area (TPSA) is 167 Å². The number of Topliss-reactive ketones (excluding diaryl/α,β-unsaturated/α-hetero) is 1. The van der Waals surface area contributed by atoms with E-state index in [1.54, 1.807) is 13.8 Å². The average molecular weight is 868 g/mol. The van der Waals surface area contributed by atoms with Crippen LogP contribution >= 0.6 is 0 Å². The van der Waals surface area contributed by atoms with E-state index in [1.807, 2.05) is 19.1 Å². The number of allylic oxidation sites excluding steroid dienone is 2. The largest absolute Gasteiger partial charge is 0.494 e. The number of alkyl halides is 3. The van der Waals surface area contributed by atoms with Gasteiger partial charge >= 0.3 is 12.1 Å². The van der Waals surface area contributed by atoms with Gasteiger partial charge in [-0.15, -0.1) is 0 Å². The predicted molar refractivity (Wildman–Crippen MR) is 210 cm³/mol. The maximum absolute atomic E-state index is 15.1. The van der Waals surface area contributed by atoms with Gasteiger partial charge in [0, 0.05) is 18.2 Å². The first-order chi connectivity index (χ1) is 28.0. The molecule has 2 amide bonds. The summed E-state index contributed by atoms with van der Waals surface area (Å²) >= 11 is 0. The first kappa shape index (κ1) is 45.1. The number of fused-ring (bicyclic) bond motifs is 3. The van der Waals surface area contributed by atoms with Gasteiger partial charge in [0.05, 0.1) is 60.9 Å². The lowest BCUT2D eigenvalue weighted by Crippen LogP contribution is -2.48. The van der Waals surface area contributed by atoms with Gasteiger partial charge in [-0.3, -0.25) is 23.9 Å². The molecule has 13 nitrogen and oxygen atoms in total. The van der Waals surface area contributed by atoms with Crippen molar-refractivity contribution in [2.24, 2.45) is 29.1 Å². The van der Waals surface area contributed by atoms with E-state index >= 15 is 4.39 Å². The number of amides is 2. The van der Waals surface area contributed by atoms with Crippen molar-refractivity contribution in [1.29, 1.82) is 0 Å². The van der Waals surface area contributed by atoms with Crippen LogP contribution in [0.4, 0.5) is 17.6 Å². The average Bonchev–Trinajstić information content (AvgIpc) is 4.05. The zero-order valence-electron chi connectivity index (χ0n) is 34.8. The normalized spacial score (nSPS) is 29.0. The van der Waals surface area contributed by atoms with E-state index in [-0.39, 0.29) is 48.1 Å². The summed E-state index contributed by atoms with van der Waals surface area (Å²) in [6, 6.07) is 1.29. The maximum atomic E-state index is 15.1. The predicted octanol–water partition coefficient (Wildman–Crippen LogP) is 6.61. The molecule has 1 N–H and O–H groups in total. The number of pyridine rings is 1. The quantitative estimate of drug-likeness (QED) is 0.155. The van der Waals surface area contributed by atoms with Crippen molar-refractivity contribution in [3.8, 4) is 17.4 Å². The summed E-state index contributed by atoms with van der Waals surface area (Å²) < 4.78 is 106. The number of benzene rings is 1. The second-order valence-electron chi connectivity index (χ2n) is 17.7. The molecule has 1 aromatic carbocycles. The van der Waals surface area contributed by atoms with Gasteiger partial charge in [0.15, 0.2) is 17.3 Å². The number of sulfonamides is 1. The van der Waals surface area contributed by atoms with Crippen LogP contribution < -0.4 is 18.9 Å². The fourth-order valence-corrected chi connectivity index (χ4v) is 9.57. The van der Waals surface area contributed by atoms with Crippen LogP contribution in [0.3, 0.4) is 0 Å².